The average Bonchev–Trinajstić information content (AvgIpc) is 2.97. The molecule has 0 aliphatic carbocycles. The second-order valence-electron chi connectivity index (χ2n) is 8.54. The Hall–Kier alpha value is -2.76. The Morgan fingerprint density at radius 2 is 2.00 bits per heavy atom. The molecular weight excluding hydrogens is 430 g/mol. The molecular formula is C23H27N3O7. The van der Waals surface area contributed by atoms with Crippen molar-refractivity contribution in [2.24, 2.45) is 0 Å². The highest BCUT2D eigenvalue weighted by molar-refractivity contribution is 5.73. The number of pyridine rings is 1. The number of likely N-dealkylation sites (N-methyl/N-ethyl adjacent to an activating group) is 1. The summed E-state index contributed by atoms with van der Waals surface area (Å²) in [5, 5.41) is 39.5. The van der Waals surface area contributed by atoms with Gasteiger partial charge < -0.3 is 39.7 Å². The Morgan fingerprint density at radius 1 is 1.18 bits per heavy atom. The summed E-state index contributed by atoms with van der Waals surface area (Å²) in [4.78, 5) is 19.6. The van der Waals surface area contributed by atoms with Gasteiger partial charge in [-0.25, -0.2) is 9.78 Å². The van der Waals surface area contributed by atoms with Crippen molar-refractivity contribution in [2.45, 2.75) is 43.2 Å². The maximum atomic E-state index is 11.4. The number of hydrogen-bond acceptors (Lipinski definition) is 9. The third-order valence-electron chi connectivity index (χ3n) is 6.43. The lowest BCUT2D eigenvalue weighted by Crippen LogP contribution is -2.61. The SMILES string of the molecule is [2H]C([2H])([2H])N1CCN2c3ncc(OC4OC(C(=O)O)C(O)C(O)C4O)cc3Cc3ccccc3C2C1. The smallest absolute Gasteiger partial charge is 0.335 e. The Morgan fingerprint density at radius 3 is 2.79 bits per heavy atom. The molecule has 5 rings (SSSR count). The average molecular weight is 461 g/mol. The number of nitrogens with zero attached hydrogens (tertiary/aromatic N) is 3. The number of carboxylic acid groups (broad SMARTS) is 1. The van der Waals surface area contributed by atoms with Gasteiger partial charge in [0.05, 0.1) is 12.2 Å². The van der Waals surface area contributed by atoms with Gasteiger partial charge >= 0.3 is 5.97 Å². The number of rotatable bonds is 3. The summed E-state index contributed by atoms with van der Waals surface area (Å²) in [6.45, 7) is -1.10. The summed E-state index contributed by atoms with van der Waals surface area (Å²) >= 11 is 0. The number of aromatic nitrogens is 1. The zero-order valence-electron chi connectivity index (χ0n) is 20.6. The van der Waals surface area contributed by atoms with Gasteiger partial charge in [-0.15, -0.1) is 0 Å². The molecule has 176 valence electrons. The first-order valence-corrected chi connectivity index (χ1v) is 10.7. The number of benzene rings is 1. The van der Waals surface area contributed by atoms with E-state index in [1.54, 1.807) is 6.07 Å². The topological polar surface area (TPSA) is 136 Å². The number of ether oxygens (including phenoxy) is 2. The molecule has 10 nitrogen and oxygen atoms in total. The van der Waals surface area contributed by atoms with Crippen LogP contribution in [0.5, 0.6) is 5.75 Å². The Labute approximate surface area is 194 Å². The number of aliphatic carboxylic acids is 1. The van der Waals surface area contributed by atoms with Gasteiger partial charge in [-0.1, -0.05) is 24.3 Å². The van der Waals surface area contributed by atoms with E-state index in [0.717, 1.165) is 16.7 Å². The van der Waals surface area contributed by atoms with E-state index in [-0.39, 0.29) is 11.8 Å². The fraction of sp³-hybridized carbons (Fsp3) is 0.478. The van der Waals surface area contributed by atoms with Crippen LogP contribution in [-0.2, 0) is 16.0 Å². The number of anilines is 1. The lowest BCUT2D eigenvalue weighted by molar-refractivity contribution is -0.271. The number of carbonyl (C=O) groups is 1. The summed E-state index contributed by atoms with van der Waals surface area (Å²) in [6, 6.07) is 9.30. The highest BCUT2D eigenvalue weighted by atomic mass is 16.7. The van der Waals surface area contributed by atoms with Gasteiger partial charge in [0.1, 0.15) is 29.9 Å². The highest BCUT2D eigenvalue weighted by Crippen LogP contribution is 2.39. The minimum absolute atomic E-state index is 0.183. The quantitative estimate of drug-likeness (QED) is 0.485. The van der Waals surface area contributed by atoms with Crippen molar-refractivity contribution >= 4 is 11.8 Å². The largest absolute Gasteiger partial charge is 0.479 e. The van der Waals surface area contributed by atoms with Gasteiger partial charge in [0, 0.05) is 35.7 Å². The van der Waals surface area contributed by atoms with E-state index in [1.807, 2.05) is 24.3 Å². The van der Waals surface area contributed by atoms with E-state index < -0.39 is 43.7 Å². The lowest BCUT2D eigenvalue weighted by atomic mass is 9.96. The monoisotopic (exact) mass is 460 g/mol. The normalized spacial score (nSPS) is 33.4. The molecule has 0 saturated carbocycles. The number of hydrogen-bond donors (Lipinski definition) is 4. The lowest BCUT2D eigenvalue weighted by Gasteiger charge is -2.41. The van der Waals surface area contributed by atoms with Crippen LogP contribution in [0, 0.1) is 0 Å². The maximum absolute atomic E-state index is 11.4. The summed E-state index contributed by atoms with van der Waals surface area (Å²) in [7, 11) is 0. The van der Waals surface area contributed by atoms with Crippen LogP contribution in [-0.4, -0.2) is 93.6 Å². The predicted octanol–water partition coefficient (Wildman–Crippen LogP) is -0.250. The van der Waals surface area contributed by atoms with E-state index in [4.69, 9.17) is 13.6 Å². The zero-order chi connectivity index (χ0) is 25.8. The molecule has 1 aromatic heterocycles. The van der Waals surface area contributed by atoms with Gasteiger partial charge in [0.15, 0.2) is 6.10 Å². The molecule has 0 bridgehead atoms. The number of aliphatic hydroxyl groups is 3. The Balaban J connectivity index is 1.46. The second kappa shape index (κ2) is 8.54. The summed E-state index contributed by atoms with van der Waals surface area (Å²) in [6.07, 6.45) is -6.70. The van der Waals surface area contributed by atoms with E-state index in [2.05, 4.69) is 9.88 Å². The fourth-order valence-corrected chi connectivity index (χ4v) is 4.75. The van der Waals surface area contributed by atoms with E-state index in [1.165, 1.54) is 11.1 Å². The van der Waals surface area contributed by atoms with E-state index in [0.29, 0.717) is 31.9 Å². The molecule has 2 saturated heterocycles. The van der Waals surface area contributed by atoms with Gasteiger partial charge in [-0.05, 0) is 24.2 Å². The molecule has 2 aromatic rings. The molecule has 33 heavy (non-hydrogen) atoms. The molecule has 0 amide bonds. The first kappa shape index (κ1) is 18.6. The molecule has 3 aliphatic rings. The van der Waals surface area contributed by atoms with Gasteiger partial charge in [0.25, 0.3) is 0 Å². The molecule has 6 unspecified atom stereocenters. The van der Waals surface area contributed by atoms with Crippen molar-refractivity contribution in [3.63, 3.8) is 0 Å². The summed E-state index contributed by atoms with van der Waals surface area (Å²) < 4.78 is 34.5. The van der Waals surface area contributed by atoms with Gasteiger partial charge in [-0.2, -0.15) is 0 Å². The van der Waals surface area contributed by atoms with Crippen LogP contribution in [0.3, 0.4) is 0 Å². The first-order chi connectivity index (χ1) is 17.0. The van der Waals surface area contributed by atoms with E-state index >= 15 is 0 Å². The van der Waals surface area contributed by atoms with Crippen molar-refractivity contribution in [1.29, 1.82) is 0 Å². The molecule has 4 N–H and O–H groups in total. The number of fused-ring (bicyclic) bond motifs is 5. The predicted molar refractivity (Wildman–Crippen MR) is 116 cm³/mol. The molecule has 1 aromatic carbocycles. The maximum Gasteiger partial charge on any atom is 0.335 e. The van der Waals surface area contributed by atoms with Crippen molar-refractivity contribution in [3.05, 3.63) is 53.2 Å². The Kier molecular flexibility index (Phi) is 4.83. The molecule has 10 heteroatoms. The number of carboxylic acids is 1. The minimum atomic E-state index is -2.20. The van der Waals surface area contributed by atoms with Crippen LogP contribution in [0.4, 0.5) is 5.82 Å². The van der Waals surface area contributed by atoms with Crippen LogP contribution in [0.1, 0.15) is 26.8 Å². The third kappa shape index (κ3) is 3.94. The summed E-state index contributed by atoms with van der Waals surface area (Å²) in [5.41, 5.74) is 2.82. The fourth-order valence-electron chi connectivity index (χ4n) is 4.75. The molecule has 6 atom stereocenters. The second-order valence-corrected chi connectivity index (χ2v) is 8.54. The molecule has 3 aliphatic heterocycles. The van der Waals surface area contributed by atoms with Crippen LogP contribution in [0.15, 0.2) is 36.5 Å². The van der Waals surface area contributed by atoms with Crippen LogP contribution in [0.2, 0.25) is 0 Å². The standard InChI is InChI=1S/C23H27N3O7/c1-25-6-7-26-16(11-25)15-5-3-2-4-12(15)8-13-9-14(10-24-21(13)26)32-23-19(29)17(27)18(28)20(33-23)22(30)31/h2-5,9-10,16-20,23,27-29H,6-8,11H2,1H3,(H,30,31)/i1D3. The van der Waals surface area contributed by atoms with Crippen LogP contribution in [0.25, 0.3) is 0 Å². The molecule has 4 heterocycles. The van der Waals surface area contributed by atoms with Crippen LogP contribution >= 0.6 is 0 Å². The van der Waals surface area contributed by atoms with Crippen molar-refractivity contribution in [1.82, 2.24) is 9.88 Å². The van der Waals surface area contributed by atoms with Crippen LogP contribution < -0.4 is 9.64 Å². The first-order valence-electron chi connectivity index (χ1n) is 12.2. The Bertz CT molecular complexity index is 1150. The molecule has 0 radical (unpaired) electrons. The van der Waals surface area contributed by atoms with E-state index in [9.17, 15) is 25.2 Å². The highest BCUT2D eigenvalue weighted by Gasteiger charge is 2.48. The van der Waals surface area contributed by atoms with Crippen molar-refractivity contribution in [3.8, 4) is 5.75 Å². The molecule has 0 spiro atoms. The van der Waals surface area contributed by atoms with Gasteiger partial charge in [-0.3, -0.25) is 0 Å². The minimum Gasteiger partial charge on any atom is -0.479 e. The molecule has 2 fully saturated rings. The number of piperazine rings is 1. The number of aliphatic hydroxyl groups excluding tert-OH is 3. The van der Waals surface area contributed by atoms with Crippen molar-refractivity contribution < 1.29 is 38.8 Å². The third-order valence-corrected chi connectivity index (χ3v) is 6.43. The summed E-state index contributed by atoms with van der Waals surface area (Å²) in [5.74, 6) is -0.638. The van der Waals surface area contributed by atoms with Gasteiger partial charge in [0.2, 0.25) is 6.29 Å². The zero-order valence-corrected chi connectivity index (χ0v) is 17.6. The van der Waals surface area contributed by atoms with Crippen molar-refractivity contribution in [2.75, 3.05) is 31.5 Å².